The highest BCUT2D eigenvalue weighted by molar-refractivity contribution is 7.99. The molecule has 0 spiro atoms. The predicted octanol–water partition coefficient (Wildman–Crippen LogP) is 3.74. The van der Waals surface area contributed by atoms with E-state index in [0.29, 0.717) is 17.8 Å². The molecule has 0 atom stereocenters. The fraction of sp³-hybridized carbons (Fsp3) is 0.941. The lowest BCUT2D eigenvalue weighted by atomic mass is 9.50. The van der Waals surface area contributed by atoms with Gasteiger partial charge in [-0.15, -0.1) is 0 Å². The first kappa shape index (κ1) is 20.3. The number of carbonyl (C=O) groups is 1. The van der Waals surface area contributed by atoms with Gasteiger partial charge < -0.3 is 4.74 Å². The number of carbonyl (C=O) groups excluding carboxylic acids is 1. The highest BCUT2D eigenvalue weighted by Crippen LogP contribution is 2.60. The minimum absolute atomic E-state index is 0.180. The van der Waals surface area contributed by atoms with Gasteiger partial charge >= 0.3 is 21.3 Å². The topological polar surface area (TPSA) is 80.7 Å². The summed E-state index contributed by atoms with van der Waals surface area (Å²) in [5.74, 6) is 2.35. The van der Waals surface area contributed by atoms with Gasteiger partial charge in [-0.25, -0.2) is 4.79 Å². The summed E-state index contributed by atoms with van der Waals surface area (Å²) in [6.45, 7) is -0.180. The molecule has 0 radical (unpaired) electrons. The highest BCUT2D eigenvalue weighted by atomic mass is 32.2. The van der Waals surface area contributed by atoms with Crippen molar-refractivity contribution in [2.45, 2.75) is 56.6 Å². The van der Waals surface area contributed by atoms with Gasteiger partial charge in [0.05, 0.1) is 6.61 Å². The molecule has 5 nitrogen and oxygen atoms in total. The Kier molecular flexibility index (Phi) is 5.90. The van der Waals surface area contributed by atoms with Crippen LogP contribution in [0.4, 0.5) is 8.78 Å². The molecule has 26 heavy (non-hydrogen) atoms. The molecule has 5 aliphatic rings. The molecule has 0 unspecified atom stereocenters. The van der Waals surface area contributed by atoms with E-state index in [1.54, 1.807) is 0 Å². The molecule has 0 aromatic rings. The lowest BCUT2D eigenvalue weighted by molar-refractivity contribution is -0.172. The van der Waals surface area contributed by atoms with E-state index in [-0.39, 0.29) is 12.0 Å². The van der Waals surface area contributed by atoms with Crippen molar-refractivity contribution in [3.05, 3.63) is 0 Å². The molecule has 0 aromatic carbocycles. The normalized spacial score (nSPS) is 35.7. The van der Waals surface area contributed by atoms with Crippen molar-refractivity contribution in [1.82, 2.24) is 0 Å². The van der Waals surface area contributed by atoms with Crippen molar-refractivity contribution < 1.29 is 31.3 Å². The molecule has 0 amide bonds. The summed E-state index contributed by atoms with van der Waals surface area (Å²) in [7, 11) is -5.79. The van der Waals surface area contributed by atoms with Crippen molar-refractivity contribution in [1.29, 1.82) is 0 Å². The van der Waals surface area contributed by atoms with E-state index >= 15 is 0 Å². The molecule has 1 aliphatic heterocycles. The summed E-state index contributed by atoms with van der Waals surface area (Å²) in [6.07, 6.45) is 8.96. The van der Waals surface area contributed by atoms with Gasteiger partial charge in [-0.05, 0) is 80.6 Å². The predicted molar refractivity (Wildman–Crippen MR) is 94.6 cm³/mol. The van der Waals surface area contributed by atoms with E-state index in [1.165, 1.54) is 24.3 Å². The Labute approximate surface area is 157 Å². The Morgan fingerprint density at radius 3 is 1.88 bits per heavy atom. The first-order valence-electron chi connectivity index (χ1n) is 9.21. The average molecular weight is 413 g/mol. The Balaban J connectivity index is 0.000000339. The maximum atomic E-state index is 13.2. The van der Waals surface area contributed by atoms with Crippen molar-refractivity contribution >= 4 is 27.8 Å². The number of thioether (sulfide) groups is 1. The number of rotatable bonds is 4. The van der Waals surface area contributed by atoms with Gasteiger partial charge in [0, 0.05) is 5.41 Å². The molecular weight excluding hydrogens is 386 g/mol. The zero-order valence-electron chi connectivity index (χ0n) is 14.7. The summed E-state index contributed by atoms with van der Waals surface area (Å²) < 4.78 is 60.4. The first-order valence-corrected chi connectivity index (χ1v) is 11.8. The van der Waals surface area contributed by atoms with Crippen LogP contribution in [0.1, 0.15) is 51.4 Å². The van der Waals surface area contributed by atoms with Crippen molar-refractivity contribution in [2.24, 2.45) is 23.2 Å². The Morgan fingerprint density at radius 2 is 1.54 bits per heavy atom. The minimum Gasteiger partial charge on any atom is -0.460 e. The fourth-order valence-electron chi connectivity index (χ4n) is 5.39. The second-order valence-corrected chi connectivity index (χ2v) is 11.0. The third-order valence-electron chi connectivity index (χ3n) is 6.06. The number of halogens is 2. The summed E-state index contributed by atoms with van der Waals surface area (Å²) in [6, 6.07) is 0. The van der Waals surface area contributed by atoms with Crippen molar-refractivity contribution in [2.75, 3.05) is 18.1 Å². The van der Waals surface area contributed by atoms with Gasteiger partial charge in [0.15, 0.2) is 0 Å². The fourth-order valence-corrected chi connectivity index (χ4v) is 6.68. The molecule has 1 heterocycles. The molecule has 150 valence electrons. The van der Waals surface area contributed by atoms with Gasteiger partial charge in [0.2, 0.25) is 0 Å². The summed E-state index contributed by atoms with van der Waals surface area (Å²) in [4.78, 5) is 11.3. The number of hydrogen-bond donors (Lipinski definition) is 1. The smallest absolute Gasteiger partial charge is 0.460 e. The molecule has 5 rings (SSSR count). The summed E-state index contributed by atoms with van der Waals surface area (Å²) >= 11 is 2.07. The van der Waals surface area contributed by atoms with Gasteiger partial charge in [0.25, 0.3) is 0 Å². The zero-order chi connectivity index (χ0) is 19.0. The molecule has 1 saturated heterocycles. The van der Waals surface area contributed by atoms with Crippen molar-refractivity contribution in [3.8, 4) is 0 Å². The van der Waals surface area contributed by atoms with Crippen LogP contribution in [-0.2, 0) is 19.6 Å². The van der Waals surface area contributed by atoms with E-state index in [2.05, 4.69) is 16.5 Å². The van der Waals surface area contributed by atoms with Crippen molar-refractivity contribution in [3.63, 3.8) is 0 Å². The van der Waals surface area contributed by atoms with E-state index < -0.39 is 21.3 Å². The average Bonchev–Trinajstić information content (AvgIpc) is 3.10. The van der Waals surface area contributed by atoms with Crippen LogP contribution < -0.4 is 0 Å². The molecule has 5 fully saturated rings. The number of alkyl halides is 2. The van der Waals surface area contributed by atoms with Crippen LogP contribution in [0.15, 0.2) is 0 Å². The largest absolute Gasteiger partial charge is 0.465 e. The molecular formula is C17H26F2O5S2. The van der Waals surface area contributed by atoms with Gasteiger partial charge in [-0.2, -0.15) is 29.0 Å². The van der Waals surface area contributed by atoms with Crippen LogP contribution in [0, 0.1) is 23.2 Å². The monoisotopic (exact) mass is 412 g/mol. The molecule has 4 bridgehead atoms. The van der Waals surface area contributed by atoms with Crippen LogP contribution in [0.2, 0.25) is 0 Å². The van der Waals surface area contributed by atoms with Crippen LogP contribution in [-0.4, -0.2) is 42.3 Å². The maximum absolute atomic E-state index is 13.2. The minimum atomic E-state index is -5.79. The van der Waals surface area contributed by atoms with Gasteiger partial charge in [-0.3, -0.25) is 4.55 Å². The van der Waals surface area contributed by atoms with Gasteiger partial charge in [0.1, 0.15) is 0 Å². The number of ether oxygens (including phenoxy) is 1. The van der Waals surface area contributed by atoms with Crippen LogP contribution in [0.3, 0.4) is 0 Å². The Bertz CT molecular complexity index is 588. The maximum Gasteiger partial charge on any atom is 0.465 e. The van der Waals surface area contributed by atoms with E-state index in [4.69, 9.17) is 4.55 Å². The summed E-state index contributed by atoms with van der Waals surface area (Å²) in [5, 5.41) is -4.89. The number of esters is 1. The third-order valence-corrected chi connectivity index (χ3v) is 8.03. The molecule has 4 aliphatic carbocycles. The molecule has 0 aromatic heterocycles. The number of hydrogen-bond acceptors (Lipinski definition) is 5. The quantitative estimate of drug-likeness (QED) is 0.560. The van der Waals surface area contributed by atoms with Gasteiger partial charge in [-0.1, -0.05) is 0 Å². The SMILES string of the molecule is C1CCSC1.O=C(OCC12CC3CC(CC(C3)C1)C2)C(F)(F)S(=O)(=O)O. The standard InChI is InChI=1S/C13H18F2O5S.C4H8S/c14-13(15,21(17,18)19)11(16)20-7-12-4-8-1-9(5-12)3-10(2-8)6-12;1-2-4-5-3-1/h8-10H,1-7H2,(H,17,18,19);1-4H2. The first-order chi connectivity index (χ1) is 12.1. The van der Waals surface area contributed by atoms with E-state index in [1.807, 2.05) is 0 Å². The highest BCUT2D eigenvalue weighted by Gasteiger charge is 2.56. The molecule has 4 saturated carbocycles. The Hall–Kier alpha value is -0.410. The van der Waals surface area contributed by atoms with E-state index in [0.717, 1.165) is 38.5 Å². The van der Waals surface area contributed by atoms with E-state index in [9.17, 15) is 22.0 Å². The van der Waals surface area contributed by atoms with Crippen LogP contribution >= 0.6 is 11.8 Å². The van der Waals surface area contributed by atoms with Crippen LogP contribution in [0.25, 0.3) is 0 Å². The zero-order valence-corrected chi connectivity index (χ0v) is 16.3. The summed E-state index contributed by atoms with van der Waals surface area (Å²) in [5.41, 5.74) is -0.278. The Morgan fingerprint density at radius 1 is 1.08 bits per heavy atom. The molecule has 9 heteroatoms. The second kappa shape index (κ2) is 7.54. The lowest BCUT2D eigenvalue weighted by Gasteiger charge is -2.56. The molecule has 1 N–H and O–H groups in total. The lowest BCUT2D eigenvalue weighted by Crippen LogP contribution is -2.49. The van der Waals surface area contributed by atoms with Crippen LogP contribution in [0.5, 0.6) is 0 Å². The second-order valence-electron chi connectivity index (χ2n) is 8.31. The third kappa shape index (κ3) is 4.35.